The van der Waals surface area contributed by atoms with E-state index in [1.54, 1.807) is 0 Å². The molecule has 22 heavy (non-hydrogen) atoms. The van der Waals surface area contributed by atoms with Gasteiger partial charge in [-0.05, 0) is 30.8 Å². The Morgan fingerprint density at radius 2 is 2.00 bits per heavy atom. The van der Waals surface area contributed by atoms with Crippen LogP contribution in [0.15, 0.2) is 48.5 Å². The van der Waals surface area contributed by atoms with Crippen LogP contribution in [-0.2, 0) is 5.60 Å². The Morgan fingerprint density at radius 1 is 1.18 bits per heavy atom. The maximum absolute atomic E-state index is 6.50. The molecule has 2 heterocycles. The molecule has 0 saturated carbocycles. The largest absolute Gasteiger partial charge is 0.482 e. The monoisotopic (exact) mass is 335 g/mol. The van der Waals surface area contributed by atoms with E-state index in [9.17, 15) is 0 Å². The molecule has 2 aromatic rings. The van der Waals surface area contributed by atoms with Crippen molar-refractivity contribution in [3.8, 4) is 5.75 Å². The molecular weight excluding hydrogens is 317 g/mol. The van der Waals surface area contributed by atoms with E-state index in [-0.39, 0.29) is 18.0 Å². The quantitative estimate of drug-likeness (QED) is 0.762. The number of nitrogens with zero attached hydrogens (tertiary/aromatic N) is 1. The van der Waals surface area contributed by atoms with Crippen LogP contribution in [0.3, 0.4) is 0 Å². The van der Waals surface area contributed by atoms with E-state index in [1.807, 2.05) is 18.2 Å². The molecule has 2 aromatic carbocycles. The van der Waals surface area contributed by atoms with E-state index in [2.05, 4.69) is 42.3 Å². The van der Waals surface area contributed by atoms with Gasteiger partial charge >= 0.3 is 0 Å². The summed E-state index contributed by atoms with van der Waals surface area (Å²) in [6.45, 7) is 2.06. The van der Waals surface area contributed by atoms with Gasteiger partial charge in [0.1, 0.15) is 11.4 Å². The third-order valence-corrected chi connectivity index (χ3v) is 5.06. The van der Waals surface area contributed by atoms with Gasteiger partial charge in [0.15, 0.2) is 0 Å². The van der Waals surface area contributed by atoms with Crippen LogP contribution < -0.4 is 4.74 Å². The highest BCUT2D eigenvalue weighted by Crippen LogP contribution is 2.54. The summed E-state index contributed by atoms with van der Waals surface area (Å²) in [5, 5.41) is 0.777. The van der Waals surface area contributed by atoms with Gasteiger partial charge in [0.05, 0.1) is 0 Å². The second-order valence-corrected chi connectivity index (χ2v) is 6.54. The zero-order chi connectivity index (χ0) is 14.4. The molecule has 0 bridgehead atoms. The fourth-order valence-corrected chi connectivity index (χ4v) is 3.96. The minimum absolute atomic E-state index is 0. The Labute approximate surface area is 142 Å². The lowest BCUT2D eigenvalue weighted by Gasteiger charge is -2.42. The van der Waals surface area contributed by atoms with Gasteiger partial charge in [-0.3, -0.25) is 0 Å². The van der Waals surface area contributed by atoms with Crippen LogP contribution >= 0.6 is 24.0 Å². The van der Waals surface area contributed by atoms with E-state index < -0.39 is 0 Å². The number of ether oxygens (including phenoxy) is 1. The summed E-state index contributed by atoms with van der Waals surface area (Å²) < 4.78 is 6.50. The van der Waals surface area contributed by atoms with E-state index in [1.165, 1.54) is 11.1 Å². The number of rotatable bonds is 1. The standard InChI is InChI=1S/C18H18ClNO.ClH/c1-20-10-9-18(13-5-4-6-14(19)11-13)16(12-20)15-7-2-3-8-17(15)21-18;/h2-8,11,16H,9-10,12H2,1H3;1H/t16-,18+;/m1./s1. The molecule has 4 rings (SSSR count). The van der Waals surface area contributed by atoms with E-state index in [0.29, 0.717) is 5.92 Å². The van der Waals surface area contributed by atoms with Gasteiger partial charge in [-0.1, -0.05) is 41.9 Å². The maximum Gasteiger partial charge on any atom is 0.143 e. The van der Waals surface area contributed by atoms with Crippen molar-refractivity contribution in [3.63, 3.8) is 0 Å². The first-order valence-electron chi connectivity index (χ1n) is 7.41. The van der Waals surface area contributed by atoms with Crippen LogP contribution in [0.2, 0.25) is 5.02 Å². The number of hydrogen-bond donors (Lipinski definition) is 0. The van der Waals surface area contributed by atoms with E-state index >= 15 is 0 Å². The normalized spacial score (nSPS) is 26.5. The third-order valence-electron chi connectivity index (χ3n) is 4.82. The summed E-state index contributed by atoms with van der Waals surface area (Å²) in [5.41, 5.74) is 2.26. The molecular formula is C18H19Cl2NO. The third kappa shape index (κ3) is 2.30. The lowest BCUT2D eigenvalue weighted by Crippen LogP contribution is -2.47. The molecule has 0 radical (unpaired) electrons. The predicted molar refractivity (Wildman–Crippen MR) is 92.3 cm³/mol. The first-order chi connectivity index (χ1) is 10.2. The number of likely N-dealkylation sites (N-methyl/N-ethyl adjacent to an activating group) is 1. The van der Waals surface area contributed by atoms with Crippen molar-refractivity contribution in [2.75, 3.05) is 20.1 Å². The number of piperidine rings is 1. The van der Waals surface area contributed by atoms with Gasteiger partial charge in [-0.15, -0.1) is 12.4 Å². The summed E-state index contributed by atoms with van der Waals surface area (Å²) in [4.78, 5) is 2.39. The lowest BCUT2D eigenvalue weighted by atomic mass is 9.74. The highest BCUT2D eigenvalue weighted by atomic mass is 35.5. The number of halogens is 2. The summed E-state index contributed by atoms with van der Waals surface area (Å²) in [6.07, 6.45) is 0.989. The molecule has 2 aliphatic heterocycles. The molecule has 0 N–H and O–H groups in total. The van der Waals surface area contributed by atoms with Crippen molar-refractivity contribution < 1.29 is 4.74 Å². The van der Waals surface area contributed by atoms with Crippen molar-refractivity contribution in [2.45, 2.75) is 17.9 Å². The number of para-hydroxylation sites is 1. The summed E-state index contributed by atoms with van der Waals surface area (Å²) in [5.74, 6) is 1.39. The zero-order valence-corrected chi connectivity index (χ0v) is 14.0. The minimum atomic E-state index is -0.263. The van der Waals surface area contributed by atoms with Gasteiger partial charge in [-0.25, -0.2) is 0 Å². The maximum atomic E-state index is 6.50. The number of likely N-dealkylation sites (tertiary alicyclic amines) is 1. The fraction of sp³-hybridized carbons (Fsp3) is 0.333. The highest BCUT2D eigenvalue weighted by molar-refractivity contribution is 6.30. The van der Waals surface area contributed by atoms with Crippen molar-refractivity contribution in [2.24, 2.45) is 0 Å². The van der Waals surface area contributed by atoms with Gasteiger partial charge in [-0.2, -0.15) is 0 Å². The van der Waals surface area contributed by atoms with Gasteiger partial charge < -0.3 is 9.64 Å². The van der Waals surface area contributed by atoms with Crippen molar-refractivity contribution in [1.29, 1.82) is 0 Å². The van der Waals surface area contributed by atoms with Crippen LogP contribution in [0, 0.1) is 0 Å². The fourth-order valence-electron chi connectivity index (χ4n) is 3.77. The van der Waals surface area contributed by atoms with E-state index in [0.717, 1.165) is 30.3 Å². The number of benzene rings is 2. The Kier molecular flexibility index (Phi) is 4.11. The summed E-state index contributed by atoms with van der Waals surface area (Å²) in [7, 11) is 2.18. The molecule has 2 nitrogen and oxygen atoms in total. The average Bonchev–Trinajstić information content (AvgIpc) is 2.82. The smallest absolute Gasteiger partial charge is 0.143 e. The topological polar surface area (TPSA) is 12.5 Å². The zero-order valence-electron chi connectivity index (χ0n) is 12.5. The molecule has 1 fully saturated rings. The van der Waals surface area contributed by atoms with Gasteiger partial charge in [0.2, 0.25) is 0 Å². The number of fused-ring (bicyclic) bond motifs is 3. The first-order valence-corrected chi connectivity index (χ1v) is 7.79. The molecule has 116 valence electrons. The minimum Gasteiger partial charge on any atom is -0.482 e. The summed E-state index contributed by atoms with van der Waals surface area (Å²) >= 11 is 6.23. The molecule has 2 aliphatic rings. The molecule has 0 amide bonds. The highest BCUT2D eigenvalue weighted by Gasteiger charge is 2.51. The Hall–Kier alpha value is -1.22. The Morgan fingerprint density at radius 3 is 2.82 bits per heavy atom. The van der Waals surface area contributed by atoms with Crippen LogP contribution in [0.25, 0.3) is 0 Å². The molecule has 1 saturated heterocycles. The van der Waals surface area contributed by atoms with Crippen molar-refractivity contribution >= 4 is 24.0 Å². The summed E-state index contributed by atoms with van der Waals surface area (Å²) in [6, 6.07) is 16.6. The Bertz CT molecular complexity index is 690. The second-order valence-electron chi connectivity index (χ2n) is 6.10. The van der Waals surface area contributed by atoms with Crippen LogP contribution in [-0.4, -0.2) is 25.0 Å². The van der Waals surface area contributed by atoms with Crippen molar-refractivity contribution in [3.05, 3.63) is 64.7 Å². The molecule has 0 aromatic heterocycles. The first kappa shape index (κ1) is 15.7. The predicted octanol–water partition coefficient (Wildman–Crippen LogP) is 4.47. The Balaban J connectivity index is 0.00000144. The number of hydrogen-bond acceptors (Lipinski definition) is 2. The van der Waals surface area contributed by atoms with E-state index in [4.69, 9.17) is 16.3 Å². The van der Waals surface area contributed by atoms with Gasteiger partial charge in [0, 0.05) is 36.0 Å². The molecule has 0 spiro atoms. The van der Waals surface area contributed by atoms with Crippen molar-refractivity contribution in [1.82, 2.24) is 4.90 Å². The second kappa shape index (κ2) is 5.77. The molecule has 0 unspecified atom stereocenters. The van der Waals surface area contributed by atoms with Crippen LogP contribution in [0.5, 0.6) is 5.75 Å². The molecule has 2 atom stereocenters. The van der Waals surface area contributed by atoms with Crippen LogP contribution in [0.4, 0.5) is 0 Å². The molecule has 4 heteroatoms. The van der Waals surface area contributed by atoms with Gasteiger partial charge in [0.25, 0.3) is 0 Å². The molecule has 0 aliphatic carbocycles. The SMILES string of the molecule is CN1CC[C@@]2(c3cccc(Cl)c3)Oc3ccccc3[C@H]2C1.Cl. The lowest BCUT2D eigenvalue weighted by molar-refractivity contribution is 0.00703. The van der Waals surface area contributed by atoms with Crippen LogP contribution in [0.1, 0.15) is 23.5 Å². The average molecular weight is 336 g/mol.